The number of carbonyl (C=O) groups is 1. The molecule has 0 heterocycles. The molecule has 6 heteroatoms. The van der Waals surface area contributed by atoms with Gasteiger partial charge in [-0.2, -0.15) is 13.2 Å². The van der Waals surface area contributed by atoms with Gasteiger partial charge in [-0.3, -0.25) is 4.79 Å². The molecule has 1 aromatic carbocycles. The van der Waals surface area contributed by atoms with Crippen molar-refractivity contribution in [3.05, 3.63) is 46.9 Å². The van der Waals surface area contributed by atoms with Gasteiger partial charge in [-0.25, -0.2) is 0 Å². The van der Waals surface area contributed by atoms with Crippen LogP contribution in [-0.2, 0) is 16.7 Å². The summed E-state index contributed by atoms with van der Waals surface area (Å²) in [6, 6.07) is 5.19. The van der Waals surface area contributed by atoms with E-state index in [9.17, 15) is 18.0 Å². The molecule has 1 N–H and O–H groups in total. The summed E-state index contributed by atoms with van der Waals surface area (Å²) in [7, 11) is 0. The highest BCUT2D eigenvalue weighted by Crippen LogP contribution is 2.30. The molecule has 0 aliphatic heterocycles. The number of hydrogen-bond donors (Lipinski definition) is 1. The Hall–Kier alpha value is -1.43. The fraction of sp³-hybridized carbons (Fsp3) is 0.400. The van der Waals surface area contributed by atoms with Crippen LogP contribution in [0.15, 0.2) is 35.7 Å². The van der Waals surface area contributed by atoms with Gasteiger partial charge in [0.1, 0.15) is 0 Å². The van der Waals surface area contributed by atoms with Crippen LogP contribution in [0.1, 0.15) is 25.0 Å². The molecule has 0 saturated heterocycles. The molecular weight excluding hydrogens is 299 g/mol. The van der Waals surface area contributed by atoms with Gasteiger partial charge in [0.2, 0.25) is 5.91 Å². The molecule has 1 rings (SSSR count). The summed E-state index contributed by atoms with van der Waals surface area (Å²) in [5, 5.41) is 4.32. The van der Waals surface area contributed by atoms with E-state index in [4.69, 9.17) is 0 Å². The topological polar surface area (TPSA) is 29.1 Å². The highest BCUT2D eigenvalue weighted by molar-refractivity contribution is 8.01. The Labute approximate surface area is 126 Å². The van der Waals surface area contributed by atoms with Crippen LogP contribution in [0.2, 0.25) is 0 Å². The van der Waals surface area contributed by atoms with E-state index >= 15 is 0 Å². The minimum Gasteiger partial charge on any atom is -0.352 e. The van der Waals surface area contributed by atoms with E-state index in [0.29, 0.717) is 23.8 Å². The number of alkyl halides is 3. The molecule has 0 unspecified atom stereocenters. The zero-order chi connectivity index (χ0) is 15.9. The van der Waals surface area contributed by atoms with Crippen molar-refractivity contribution >= 4 is 17.7 Å². The lowest BCUT2D eigenvalue weighted by molar-refractivity contribution is -0.137. The summed E-state index contributed by atoms with van der Waals surface area (Å²) in [5.74, 6) is 0.568. The van der Waals surface area contributed by atoms with Gasteiger partial charge in [0.25, 0.3) is 0 Å². The summed E-state index contributed by atoms with van der Waals surface area (Å²) in [6.45, 7) is 4.58. The molecule has 2 nitrogen and oxygen atoms in total. The van der Waals surface area contributed by atoms with Crippen molar-refractivity contribution in [3.8, 4) is 0 Å². The van der Waals surface area contributed by atoms with Crippen molar-refractivity contribution in [1.82, 2.24) is 5.32 Å². The standard InChI is InChI=1S/C15H18F3NOS/c1-11(2)9-19-14(20)6-7-21-10-12-4-3-5-13(8-12)15(16,17)18/h3-8,11H,9-10H2,1-2H3,(H,19,20)/b7-6-. The minimum atomic E-state index is -4.33. The summed E-state index contributed by atoms with van der Waals surface area (Å²) >= 11 is 1.28. The van der Waals surface area contributed by atoms with Crippen LogP contribution < -0.4 is 5.32 Å². The zero-order valence-electron chi connectivity index (χ0n) is 11.9. The van der Waals surface area contributed by atoms with Gasteiger partial charge in [0.05, 0.1) is 5.56 Å². The van der Waals surface area contributed by atoms with Crippen LogP contribution in [0.5, 0.6) is 0 Å². The molecule has 0 bridgehead atoms. The maximum absolute atomic E-state index is 12.5. The number of rotatable bonds is 6. The summed E-state index contributed by atoms with van der Waals surface area (Å²) < 4.78 is 37.6. The van der Waals surface area contributed by atoms with Gasteiger partial charge in [-0.1, -0.05) is 32.0 Å². The van der Waals surface area contributed by atoms with E-state index in [1.807, 2.05) is 13.8 Å². The predicted octanol–water partition coefficient (Wildman–Crippen LogP) is 4.22. The molecule has 0 aliphatic rings. The largest absolute Gasteiger partial charge is 0.416 e. The van der Waals surface area contributed by atoms with E-state index in [0.717, 1.165) is 12.1 Å². The monoisotopic (exact) mass is 317 g/mol. The van der Waals surface area contributed by atoms with Gasteiger partial charge in [-0.05, 0) is 23.0 Å². The first-order valence-corrected chi connectivity index (χ1v) is 7.56. The van der Waals surface area contributed by atoms with Crippen molar-refractivity contribution in [2.24, 2.45) is 5.92 Å². The van der Waals surface area contributed by atoms with E-state index in [2.05, 4.69) is 5.32 Å². The molecular formula is C15H18F3NOS. The van der Waals surface area contributed by atoms with Crippen LogP contribution >= 0.6 is 11.8 Å². The second-order valence-corrected chi connectivity index (χ2v) is 5.85. The van der Waals surface area contributed by atoms with Gasteiger partial charge in [-0.15, -0.1) is 11.8 Å². The number of nitrogens with one attached hydrogen (secondary N) is 1. The lowest BCUT2D eigenvalue weighted by atomic mass is 10.1. The van der Waals surface area contributed by atoms with Gasteiger partial charge in [0, 0.05) is 18.4 Å². The summed E-state index contributed by atoms with van der Waals surface area (Å²) in [6.07, 6.45) is -2.94. The van der Waals surface area contributed by atoms with Crippen molar-refractivity contribution < 1.29 is 18.0 Å². The molecule has 1 amide bonds. The van der Waals surface area contributed by atoms with Crippen LogP contribution in [0.25, 0.3) is 0 Å². The Morgan fingerprint density at radius 3 is 2.71 bits per heavy atom. The first-order chi connectivity index (χ1) is 9.79. The van der Waals surface area contributed by atoms with Crippen molar-refractivity contribution in [2.45, 2.75) is 25.8 Å². The molecule has 1 aromatic rings. The molecule has 0 aromatic heterocycles. The Morgan fingerprint density at radius 2 is 2.10 bits per heavy atom. The first-order valence-electron chi connectivity index (χ1n) is 6.51. The van der Waals surface area contributed by atoms with Gasteiger partial charge < -0.3 is 5.32 Å². The smallest absolute Gasteiger partial charge is 0.352 e. The quantitative estimate of drug-likeness (QED) is 0.796. The summed E-state index contributed by atoms with van der Waals surface area (Å²) in [5.41, 5.74) is -0.0821. The molecule has 21 heavy (non-hydrogen) atoms. The number of thioether (sulfide) groups is 1. The van der Waals surface area contributed by atoms with Crippen molar-refractivity contribution in [3.63, 3.8) is 0 Å². The Balaban J connectivity index is 2.44. The van der Waals surface area contributed by atoms with E-state index in [1.54, 1.807) is 11.5 Å². The third-order valence-electron chi connectivity index (χ3n) is 2.50. The van der Waals surface area contributed by atoms with Gasteiger partial charge in [0.15, 0.2) is 0 Å². The third kappa shape index (κ3) is 7.22. The zero-order valence-corrected chi connectivity index (χ0v) is 12.7. The van der Waals surface area contributed by atoms with E-state index in [1.165, 1.54) is 23.9 Å². The lowest BCUT2D eigenvalue weighted by Crippen LogP contribution is -2.25. The molecule has 0 aliphatic carbocycles. The van der Waals surface area contributed by atoms with Crippen LogP contribution in [-0.4, -0.2) is 12.5 Å². The Bertz CT molecular complexity index is 498. The number of amides is 1. The lowest BCUT2D eigenvalue weighted by Gasteiger charge is -2.07. The SMILES string of the molecule is CC(C)CNC(=O)/C=C\SCc1cccc(C(F)(F)F)c1. The van der Waals surface area contributed by atoms with Crippen molar-refractivity contribution in [1.29, 1.82) is 0 Å². The van der Waals surface area contributed by atoms with Crippen molar-refractivity contribution in [2.75, 3.05) is 6.54 Å². The average molecular weight is 317 g/mol. The molecule has 0 fully saturated rings. The normalized spacial score (nSPS) is 12.1. The highest BCUT2D eigenvalue weighted by atomic mass is 32.2. The molecule has 0 atom stereocenters. The number of halogens is 3. The average Bonchev–Trinajstić information content (AvgIpc) is 2.41. The summed E-state index contributed by atoms with van der Waals surface area (Å²) in [4.78, 5) is 11.4. The molecule has 116 valence electrons. The van der Waals surface area contributed by atoms with E-state index < -0.39 is 11.7 Å². The van der Waals surface area contributed by atoms with Crippen LogP contribution in [0.3, 0.4) is 0 Å². The fourth-order valence-electron chi connectivity index (χ4n) is 1.46. The maximum atomic E-state index is 12.5. The number of benzene rings is 1. The number of hydrogen-bond acceptors (Lipinski definition) is 2. The fourth-order valence-corrected chi connectivity index (χ4v) is 2.14. The Kier molecular flexibility index (Phi) is 6.81. The second kappa shape index (κ2) is 8.12. The highest BCUT2D eigenvalue weighted by Gasteiger charge is 2.30. The van der Waals surface area contributed by atoms with Crippen LogP contribution in [0, 0.1) is 5.92 Å². The maximum Gasteiger partial charge on any atom is 0.416 e. The minimum absolute atomic E-state index is 0.194. The third-order valence-corrected chi connectivity index (χ3v) is 3.33. The second-order valence-electron chi connectivity index (χ2n) is 4.95. The molecule has 0 spiro atoms. The van der Waals surface area contributed by atoms with Crippen LogP contribution in [0.4, 0.5) is 13.2 Å². The molecule has 0 saturated carbocycles. The molecule has 0 radical (unpaired) electrons. The Morgan fingerprint density at radius 1 is 1.38 bits per heavy atom. The predicted molar refractivity (Wildman–Crippen MR) is 79.7 cm³/mol. The van der Waals surface area contributed by atoms with E-state index in [-0.39, 0.29) is 5.91 Å². The first kappa shape index (κ1) is 17.6. The number of carbonyl (C=O) groups excluding carboxylic acids is 1. The van der Waals surface area contributed by atoms with Gasteiger partial charge >= 0.3 is 6.18 Å².